The highest BCUT2D eigenvalue weighted by Crippen LogP contribution is 2.26. The molecule has 0 aliphatic carbocycles. The van der Waals surface area contributed by atoms with Crippen LogP contribution in [0.3, 0.4) is 0 Å². The molecule has 0 bridgehead atoms. The molecule has 2 N–H and O–H groups in total. The van der Waals surface area contributed by atoms with E-state index in [1.54, 1.807) is 0 Å². The summed E-state index contributed by atoms with van der Waals surface area (Å²) in [4.78, 5) is 4.57. The molecule has 1 heterocycles. The molecule has 0 unspecified atom stereocenters. The third kappa shape index (κ3) is 2.33. The van der Waals surface area contributed by atoms with E-state index in [0.29, 0.717) is 5.92 Å². The van der Waals surface area contributed by atoms with E-state index >= 15 is 0 Å². The lowest BCUT2D eigenvalue weighted by atomic mass is 10.1. The molecule has 0 spiro atoms. The predicted octanol–water partition coefficient (Wildman–Crippen LogP) is 3.10. The van der Waals surface area contributed by atoms with Crippen molar-refractivity contribution in [3.8, 4) is 11.3 Å². The van der Waals surface area contributed by atoms with Gasteiger partial charge in [0.15, 0.2) is 0 Å². The molecule has 3 heteroatoms. The van der Waals surface area contributed by atoms with Gasteiger partial charge in [0.1, 0.15) is 17.3 Å². The van der Waals surface area contributed by atoms with Gasteiger partial charge in [-0.05, 0) is 12.8 Å². The normalized spacial score (nSPS) is 11.1. The molecule has 3 nitrogen and oxygen atoms in total. The minimum atomic E-state index is 0.564. The van der Waals surface area contributed by atoms with Gasteiger partial charge in [0.25, 0.3) is 0 Å². The minimum absolute atomic E-state index is 0.564. The summed E-state index contributed by atoms with van der Waals surface area (Å²) in [7, 11) is 0. The Morgan fingerprint density at radius 1 is 1.24 bits per heavy atom. The van der Waals surface area contributed by atoms with Gasteiger partial charge in [0, 0.05) is 12.1 Å². The maximum Gasteiger partial charge on any atom is 0.131 e. The number of nitrogen functional groups attached to an aromatic ring is 1. The summed E-state index contributed by atoms with van der Waals surface area (Å²) in [5, 5.41) is 0. The average Bonchev–Trinajstić information content (AvgIpc) is 2.58. The number of nitrogens with zero attached hydrogens (tertiary/aromatic N) is 2. The summed E-state index contributed by atoms with van der Waals surface area (Å²) in [5.41, 5.74) is 8.16. The van der Waals surface area contributed by atoms with Crippen molar-refractivity contribution < 1.29 is 0 Å². The number of nitrogens with two attached hydrogens (primary N) is 1. The molecule has 0 fully saturated rings. The number of benzene rings is 1. The van der Waals surface area contributed by atoms with Crippen LogP contribution in [0.15, 0.2) is 30.3 Å². The second kappa shape index (κ2) is 4.62. The lowest BCUT2D eigenvalue weighted by molar-refractivity contribution is 0.518. The largest absolute Gasteiger partial charge is 0.383 e. The van der Waals surface area contributed by atoms with Crippen LogP contribution in [0.4, 0.5) is 5.82 Å². The topological polar surface area (TPSA) is 43.8 Å². The van der Waals surface area contributed by atoms with E-state index in [9.17, 15) is 0 Å². The Kier molecular flexibility index (Phi) is 3.18. The van der Waals surface area contributed by atoms with E-state index in [-0.39, 0.29) is 0 Å². The summed E-state index contributed by atoms with van der Waals surface area (Å²) in [6.07, 6.45) is 0. The smallest absolute Gasteiger partial charge is 0.131 e. The summed E-state index contributed by atoms with van der Waals surface area (Å²) in [5.74, 6) is 2.31. The Balaban J connectivity index is 2.44. The van der Waals surface area contributed by atoms with Crippen molar-refractivity contribution in [2.75, 3.05) is 5.73 Å². The van der Waals surface area contributed by atoms with Gasteiger partial charge in [-0.3, -0.25) is 0 Å². The van der Waals surface area contributed by atoms with Crippen molar-refractivity contribution in [1.29, 1.82) is 0 Å². The summed E-state index contributed by atoms with van der Waals surface area (Å²) in [6, 6.07) is 10.1. The van der Waals surface area contributed by atoms with Gasteiger partial charge in [-0.25, -0.2) is 4.98 Å². The first-order valence-electron chi connectivity index (χ1n) is 5.97. The molecule has 0 saturated heterocycles. The molecule has 0 radical (unpaired) electrons. The molecule has 0 amide bonds. The number of anilines is 1. The zero-order valence-corrected chi connectivity index (χ0v) is 10.6. The molecule has 0 atom stereocenters. The van der Waals surface area contributed by atoms with Gasteiger partial charge in [0.05, 0.1) is 0 Å². The molecule has 1 aromatic carbocycles. The lowest BCUT2D eigenvalue weighted by Gasteiger charge is -2.10. The monoisotopic (exact) mass is 229 g/mol. The Morgan fingerprint density at radius 3 is 2.47 bits per heavy atom. The van der Waals surface area contributed by atoms with Crippen LogP contribution in [-0.4, -0.2) is 9.55 Å². The first-order chi connectivity index (χ1) is 8.09. The highest BCUT2D eigenvalue weighted by Gasteiger charge is 2.13. The van der Waals surface area contributed by atoms with Crippen molar-refractivity contribution in [3.63, 3.8) is 0 Å². The van der Waals surface area contributed by atoms with Crippen LogP contribution in [-0.2, 0) is 6.54 Å². The van der Waals surface area contributed by atoms with Crippen LogP contribution in [0.2, 0.25) is 0 Å². The van der Waals surface area contributed by atoms with Gasteiger partial charge >= 0.3 is 0 Å². The van der Waals surface area contributed by atoms with E-state index in [1.807, 2.05) is 37.3 Å². The van der Waals surface area contributed by atoms with E-state index < -0.39 is 0 Å². The fourth-order valence-electron chi connectivity index (χ4n) is 1.99. The fourth-order valence-corrected chi connectivity index (χ4v) is 1.99. The zero-order chi connectivity index (χ0) is 12.4. The number of imidazole rings is 1. The van der Waals surface area contributed by atoms with Crippen molar-refractivity contribution in [3.05, 3.63) is 36.2 Å². The van der Waals surface area contributed by atoms with E-state index in [0.717, 1.165) is 29.4 Å². The van der Waals surface area contributed by atoms with Gasteiger partial charge in [-0.15, -0.1) is 0 Å². The van der Waals surface area contributed by atoms with Crippen molar-refractivity contribution in [2.24, 2.45) is 5.92 Å². The molecule has 1 aromatic heterocycles. The van der Waals surface area contributed by atoms with Crippen molar-refractivity contribution >= 4 is 5.82 Å². The molecule has 2 rings (SSSR count). The molecule has 2 aromatic rings. The van der Waals surface area contributed by atoms with E-state index in [1.165, 1.54) is 0 Å². The molecule has 0 aliphatic rings. The molecule has 0 aliphatic heterocycles. The molecule has 17 heavy (non-hydrogen) atoms. The van der Waals surface area contributed by atoms with Crippen LogP contribution < -0.4 is 5.73 Å². The Bertz CT molecular complexity index is 498. The molecule has 90 valence electrons. The minimum Gasteiger partial charge on any atom is -0.383 e. The van der Waals surface area contributed by atoms with Gasteiger partial charge < -0.3 is 10.3 Å². The van der Waals surface area contributed by atoms with Crippen LogP contribution >= 0.6 is 0 Å². The highest BCUT2D eigenvalue weighted by molar-refractivity contribution is 5.70. The van der Waals surface area contributed by atoms with E-state index in [2.05, 4.69) is 23.4 Å². The highest BCUT2D eigenvalue weighted by atomic mass is 15.1. The maximum absolute atomic E-state index is 6.18. The Hall–Kier alpha value is -1.77. The molecule has 0 saturated carbocycles. The van der Waals surface area contributed by atoms with E-state index in [4.69, 9.17) is 5.73 Å². The summed E-state index contributed by atoms with van der Waals surface area (Å²) in [6.45, 7) is 7.28. The number of hydrogen-bond donors (Lipinski definition) is 1. The zero-order valence-electron chi connectivity index (χ0n) is 10.6. The Labute approximate surface area is 102 Å². The quantitative estimate of drug-likeness (QED) is 0.879. The number of rotatable bonds is 3. The third-order valence-corrected chi connectivity index (χ3v) is 2.79. The van der Waals surface area contributed by atoms with Gasteiger partial charge in [-0.2, -0.15) is 0 Å². The second-order valence-corrected chi connectivity index (χ2v) is 4.76. The van der Waals surface area contributed by atoms with Crippen molar-refractivity contribution in [1.82, 2.24) is 9.55 Å². The average molecular weight is 229 g/mol. The van der Waals surface area contributed by atoms with Gasteiger partial charge in [0.2, 0.25) is 0 Å². The number of hydrogen-bond acceptors (Lipinski definition) is 2. The number of aryl methyl sites for hydroxylation is 1. The standard InChI is InChI=1S/C14H19N3/c1-10(2)9-17-11(3)16-13(14(17)15)12-7-5-4-6-8-12/h4-8,10H,9,15H2,1-3H3. The Morgan fingerprint density at radius 2 is 1.88 bits per heavy atom. The SMILES string of the molecule is Cc1nc(-c2ccccc2)c(N)n1CC(C)C. The van der Waals surface area contributed by atoms with Crippen LogP contribution in [0.1, 0.15) is 19.7 Å². The van der Waals surface area contributed by atoms with Crippen LogP contribution in [0.5, 0.6) is 0 Å². The second-order valence-electron chi connectivity index (χ2n) is 4.76. The maximum atomic E-state index is 6.18. The molecular formula is C14H19N3. The number of aromatic nitrogens is 2. The predicted molar refractivity (Wildman–Crippen MR) is 71.7 cm³/mol. The summed E-state index contributed by atoms with van der Waals surface area (Å²) >= 11 is 0. The van der Waals surface area contributed by atoms with Gasteiger partial charge in [-0.1, -0.05) is 44.2 Å². The first-order valence-corrected chi connectivity index (χ1v) is 5.97. The lowest BCUT2D eigenvalue weighted by Crippen LogP contribution is -2.09. The molecular weight excluding hydrogens is 210 g/mol. The van der Waals surface area contributed by atoms with Crippen LogP contribution in [0.25, 0.3) is 11.3 Å². The van der Waals surface area contributed by atoms with Crippen LogP contribution in [0, 0.1) is 12.8 Å². The van der Waals surface area contributed by atoms with Crippen molar-refractivity contribution in [2.45, 2.75) is 27.3 Å². The fraction of sp³-hybridized carbons (Fsp3) is 0.357. The summed E-state index contributed by atoms with van der Waals surface area (Å²) < 4.78 is 2.09. The third-order valence-electron chi connectivity index (χ3n) is 2.79. The first kappa shape index (κ1) is 11.7.